The van der Waals surface area contributed by atoms with Gasteiger partial charge in [0.2, 0.25) is 5.91 Å². The van der Waals surface area contributed by atoms with Gasteiger partial charge in [-0.15, -0.1) is 0 Å². The molecule has 1 fully saturated rings. The highest BCUT2D eigenvalue weighted by Gasteiger charge is 2.57. The van der Waals surface area contributed by atoms with E-state index in [9.17, 15) is 34.5 Å². The molecule has 0 spiro atoms. The highest BCUT2D eigenvalue weighted by atomic mass is 28.4. The summed E-state index contributed by atoms with van der Waals surface area (Å²) in [5, 5.41) is 41.8. The molecule has 1 aromatic heterocycles. The van der Waals surface area contributed by atoms with Crippen molar-refractivity contribution in [3.05, 3.63) is 98.8 Å². The van der Waals surface area contributed by atoms with Crippen LogP contribution in [0.25, 0.3) is 0 Å². The van der Waals surface area contributed by atoms with Gasteiger partial charge in [-0.05, 0) is 78.4 Å². The molecule has 0 bridgehead atoms. The van der Waals surface area contributed by atoms with Gasteiger partial charge in [0, 0.05) is 18.8 Å². The molecular formula is C48H77N5O12Si2. The second-order valence-electron chi connectivity index (χ2n) is 20.8. The van der Waals surface area contributed by atoms with Gasteiger partial charge >= 0.3 is 11.8 Å². The molecule has 1 aliphatic rings. The second-order valence-corrected chi connectivity index (χ2v) is 30.3. The van der Waals surface area contributed by atoms with Gasteiger partial charge in [0.1, 0.15) is 42.8 Å². The third-order valence-electron chi connectivity index (χ3n) is 13.4. The number of aromatic nitrogens is 2. The molecule has 0 radical (unpaired) electrons. The van der Waals surface area contributed by atoms with E-state index in [2.05, 4.69) is 83.7 Å². The first-order chi connectivity index (χ1) is 31.2. The average molecular weight is 972 g/mol. The summed E-state index contributed by atoms with van der Waals surface area (Å²) in [6.45, 7) is 24.2. The molecule has 19 heteroatoms. The Kier molecular flexibility index (Phi) is 19.4. The molecule has 67 heavy (non-hydrogen) atoms. The maximum atomic E-state index is 14.5. The summed E-state index contributed by atoms with van der Waals surface area (Å²) in [7, 11) is -3.79. The zero-order chi connectivity index (χ0) is 50.1. The molecule has 0 aliphatic carbocycles. The van der Waals surface area contributed by atoms with E-state index in [1.807, 2.05) is 18.2 Å². The van der Waals surface area contributed by atoms with E-state index in [1.54, 1.807) is 57.4 Å². The zero-order valence-corrected chi connectivity index (χ0v) is 43.7. The minimum Gasteiger partial charge on any atom is -0.497 e. The normalized spacial score (nSPS) is 20.0. The number of ether oxygens (including phenoxy) is 3. The van der Waals surface area contributed by atoms with E-state index in [-0.39, 0.29) is 42.2 Å². The van der Waals surface area contributed by atoms with Crippen molar-refractivity contribution in [3.63, 3.8) is 0 Å². The number of aliphatic hydroxyl groups is 3. The molecule has 374 valence electrons. The lowest BCUT2D eigenvalue weighted by Gasteiger charge is -2.44. The Hall–Kier alpha value is -4.19. The van der Waals surface area contributed by atoms with Gasteiger partial charge in [-0.25, -0.2) is 9.59 Å². The summed E-state index contributed by atoms with van der Waals surface area (Å²) in [6, 6.07) is 15.2. The standard InChI is InChI=1S/C48H77N5O12Si2/c1-31(2)38(56)37(51-45(59)62-30-33-18-15-14-16-19-33)43(58)50-26-17-25-49-35(29-54)39(57)40-41(64-66(10,11)47(3,4)5)42(65-67(12,13)48(6,7)8)44(63-40)52-27-24-36(55)53(46(52)60)28-32-20-22-34(61-9)23-21-32/h14-16,18-24,27,31,35,37-42,44,49,54,56-57H,17,25-26,28-30H2,1-13H3,(H,50,58)(H,51,59)/t35-,37+,38-,39?,40-,41+,42+,44+/m0/s1. The van der Waals surface area contributed by atoms with Crippen LogP contribution >= 0.6 is 0 Å². The van der Waals surface area contributed by atoms with Crippen LogP contribution in [0.1, 0.15) is 79.2 Å². The molecule has 0 saturated carbocycles. The van der Waals surface area contributed by atoms with E-state index in [1.165, 1.54) is 16.8 Å². The number of amides is 2. The minimum absolute atomic E-state index is 0.0131. The van der Waals surface area contributed by atoms with Crippen LogP contribution in [0, 0.1) is 5.92 Å². The van der Waals surface area contributed by atoms with E-state index >= 15 is 0 Å². The summed E-state index contributed by atoms with van der Waals surface area (Å²) >= 11 is 0. The third kappa shape index (κ3) is 14.4. The van der Waals surface area contributed by atoms with Crippen molar-refractivity contribution in [2.24, 2.45) is 5.92 Å². The van der Waals surface area contributed by atoms with E-state index < -0.39 is 95.3 Å². The molecule has 1 saturated heterocycles. The van der Waals surface area contributed by atoms with Crippen LogP contribution in [0.4, 0.5) is 4.79 Å². The molecule has 8 atom stereocenters. The minimum atomic E-state index is -2.68. The number of aliphatic hydroxyl groups excluding tert-OH is 3. The van der Waals surface area contributed by atoms with Crippen LogP contribution in [0.5, 0.6) is 5.75 Å². The van der Waals surface area contributed by atoms with Crippen molar-refractivity contribution in [1.29, 1.82) is 0 Å². The van der Waals surface area contributed by atoms with Gasteiger partial charge in [-0.1, -0.05) is 97.9 Å². The second kappa shape index (κ2) is 23.4. The van der Waals surface area contributed by atoms with Crippen molar-refractivity contribution in [2.75, 3.05) is 26.8 Å². The maximum absolute atomic E-state index is 14.5. The number of hydrogen-bond acceptors (Lipinski definition) is 13. The number of alkyl carbamates (subject to hydrolysis) is 1. The molecule has 17 nitrogen and oxygen atoms in total. The average Bonchev–Trinajstić information content (AvgIpc) is 3.59. The van der Waals surface area contributed by atoms with E-state index in [4.69, 9.17) is 23.1 Å². The predicted molar refractivity (Wildman–Crippen MR) is 262 cm³/mol. The molecule has 2 heterocycles. The zero-order valence-electron chi connectivity index (χ0n) is 41.7. The highest BCUT2D eigenvalue weighted by molar-refractivity contribution is 6.74. The molecule has 3 aromatic rings. The first-order valence-corrected chi connectivity index (χ1v) is 29.0. The highest BCUT2D eigenvalue weighted by Crippen LogP contribution is 2.46. The summed E-state index contributed by atoms with van der Waals surface area (Å²) in [6.07, 6.45) is -5.85. The Morgan fingerprint density at radius 2 is 1.43 bits per heavy atom. The fourth-order valence-electron chi connectivity index (χ4n) is 7.04. The molecule has 2 amide bonds. The monoisotopic (exact) mass is 972 g/mol. The fraction of sp³-hybridized carbons (Fsp3) is 0.625. The Balaban J connectivity index is 1.59. The lowest BCUT2D eigenvalue weighted by Crippen LogP contribution is -2.58. The van der Waals surface area contributed by atoms with Crippen LogP contribution < -0.4 is 31.9 Å². The molecule has 1 unspecified atom stereocenters. The van der Waals surface area contributed by atoms with Gasteiger partial charge in [0.05, 0.1) is 32.4 Å². The van der Waals surface area contributed by atoms with Crippen LogP contribution in [-0.4, -0.2) is 122 Å². The van der Waals surface area contributed by atoms with Gasteiger partial charge < -0.3 is 54.3 Å². The van der Waals surface area contributed by atoms with Crippen LogP contribution in [0.3, 0.4) is 0 Å². The first kappa shape index (κ1) is 55.4. The van der Waals surface area contributed by atoms with Crippen molar-refractivity contribution in [1.82, 2.24) is 25.1 Å². The Morgan fingerprint density at radius 1 is 0.836 bits per heavy atom. The number of benzene rings is 2. The predicted octanol–water partition coefficient (Wildman–Crippen LogP) is 4.87. The van der Waals surface area contributed by atoms with Gasteiger partial charge in [-0.2, -0.15) is 0 Å². The Bertz CT molecular complexity index is 2170. The fourth-order valence-corrected chi connectivity index (χ4v) is 9.63. The topological polar surface area (TPSA) is 221 Å². The molecule has 6 N–H and O–H groups in total. The van der Waals surface area contributed by atoms with Crippen molar-refractivity contribution < 1.29 is 48.0 Å². The number of hydrogen-bond donors (Lipinski definition) is 6. The van der Waals surface area contributed by atoms with Crippen molar-refractivity contribution >= 4 is 28.6 Å². The lowest BCUT2D eigenvalue weighted by atomic mass is 9.99. The van der Waals surface area contributed by atoms with Crippen LogP contribution in [0.15, 0.2) is 76.4 Å². The quantitative estimate of drug-likeness (QED) is 0.0585. The SMILES string of the molecule is COc1ccc(Cn2c(=O)ccn([C@@H]3O[C@@H](C(O)[C@H](CO)NCCCNC(=O)[C@H](NC(=O)OCc4ccccc4)[C@@H](O)C(C)C)[C@@H](O[Si](C)(C)C(C)(C)C)[C@H]3O[Si](C)(C)C(C)(C)C)c2=O)cc1. The number of methoxy groups -OCH3 is 1. The third-order valence-corrected chi connectivity index (χ3v) is 22.3. The van der Waals surface area contributed by atoms with Crippen molar-refractivity contribution in [3.8, 4) is 5.75 Å². The summed E-state index contributed by atoms with van der Waals surface area (Å²) in [4.78, 5) is 53.9. The van der Waals surface area contributed by atoms with Gasteiger partial charge in [0.25, 0.3) is 5.56 Å². The largest absolute Gasteiger partial charge is 0.497 e. The number of carbonyl (C=O) groups excluding carboxylic acids is 2. The van der Waals surface area contributed by atoms with Crippen LogP contribution in [-0.2, 0) is 36.3 Å². The van der Waals surface area contributed by atoms with E-state index in [0.29, 0.717) is 17.7 Å². The number of carbonyl (C=O) groups is 2. The smallest absolute Gasteiger partial charge is 0.408 e. The van der Waals surface area contributed by atoms with Crippen LogP contribution in [0.2, 0.25) is 36.3 Å². The molecule has 2 aromatic carbocycles. The molecular weight excluding hydrogens is 895 g/mol. The molecule has 4 rings (SSSR count). The summed E-state index contributed by atoms with van der Waals surface area (Å²) in [5.41, 5.74) is 0.318. The number of nitrogens with zero attached hydrogens (tertiary/aromatic N) is 2. The Labute approximate surface area is 397 Å². The Morgan fingerprint density at radius 3 is 1.99 bits per heavy atom. The summed E-state index contributed by atoms with van der Waals surface area (Å²) in [5.74, 6) is -0.339. The van der Waals surface area contributed by atoms with Gasteiger partial charge in [-0.3, -0.25) is 18.7 Å². The number of rotatable bonds is 22. The van der Waals surface area contributed by atoms with Crippen molar-refractivity contribution in [2.45, 2.75) is 160 Å². The lowest BCUT2D eigenvalue weighted by molar-refractivity contribution is -0.126. The molecule has 1 aliphatic heterocycles. The first-order valence-electron chi connectivity index (χ1n) is 23.1. The maximum Gasteiger partial charge on any atom is 0.408 e. The summed E-state index contributed by atoms with van der Waals surface area (Å²) < 4.78 is 34.2. The van der Waals surface area contributed by atoms with E-state index in [0.717, 1.165) is 10.1 Å². The number of nitrogens with one attached hydrogen (secondary N) is 3. The van der Waals surface area contributed by atoms with Gasteiger partial charge in [0.15, 0.2) is 22.9 Å².